The fraction of sp³-hybridized carbons (Fsp3) is 0.419. The van der Waals surface area contributed by atoms with Gasteiger partial charge < -0.3 is 0 Å². The molecule has 0 radical (unpaired) electrons. The first-order valence-corrected chi connectivity index (χ1v) is 13.2. The monoisotopic (exact) mass is 480 g/mol. The zero-order valence-electron chi connectivity index (χ0n) is 20.1. The van der Waals surface area contributed by atoms with Gasteiger partial charge in [0.2, 0.25) is 0 Å². The lowest BCUT2D eigenvalue weighted by Crippen LogP contribution is -2.15. The maximum atomic E-state index is 13.8. The molecule has 0 bridgehead atoms. The Morgan fingerprint density at radius 2 is 1.06 bits per heavy atom. The van der Waals surface area contributed by atoms with Crippen molar-refractivity contribution < 1.29 is 8.78 Å². The second-order valence-corrected chi connectivity index (χ2v) is 10.4. The number of benzene rings is 3. The van der Waals surface area contributed by atoms with Crippen LogP contribution in [0.25, 0.3) is 11.1 Å². The number of rotatable bonds is 9. The third-order valence-electron chi connectivity index (χ3n) is 7.48. The maximum Gasteiger partial charge on any atom is 0.145 e. The molecule has 1 fully saturated rings. The van der Waals surface area contributed by atoms with Gasteiger partial charge >= 0.3 is 0 Å². The highest BCUT2D eigenvalue weighted by molar-refractivity contribution is 6.31. The Hall–Kier alpha value is -2.19. The second-order valence-electron chi connectivity index (χ2n) is 9.98. The zero-order valence-corrected chi connectivity index (χ0v) is 20.9. The van der Waals surface area contributed by atoms with Crippen LogP contribution in [0.2, 0.25) is 5.02 Å². The van der Waals surface area contributed by atoms with Crippen molar-refractivity contribution in [1.82, 2.24) is 0 Å². The third kappa shape index (κ3) is 6.69. The van der Waals surface area contributed by atoms with Gasteiger partial charge in [0.05, 0.1) is 0 Å². The summed E-state index contributed by atoms with van der Waals surface area (Å²) >= 11 is 5.60. The van der Waals surface area contributed by atoms with Crippen LogP contribution in [0.5, 0.6) is 0 Å². The highest BCUT2D eigenvalue weighted by Crippen LogP contribution is 2.34. The van der Waals surface area contributed by atoms with Gasteiger partial charge in [-0.1, -0.05) is 99.2 Å². The molecule has 0 aromatic heterocycles. The molecule has 4 rings (SSSR count). The Morgan fingerprint density at radius 1 is 0.647 bits per heavy atom. The van der Waals surface area contributed by atoms with Crippen molar-refractivity contribution in [2.24, 2.45) is 11.8 Å². The van der Waals surface area contributed by atoms with Crippen LogP contribution < -0.4 is 0 Å². The molecule has 0 spiro atoms. The van der Waals surface area contributed by atoms with Gasteiger partial charge in [0.15, 0.2) is 0 Å². The van der Waals surface area contributed by atoms with Crippen molar-refractivity contribution in [3.8, 4) is 11.1 Å². The number of halogens is 3. The summed E-state index contributed by atoms with van der Waals surface area (Å²) in [7, 11) is 0. The molecule has 1 aliphatic rings. The Labute approximate surface area is 208 Å². The molecular weight excluding hydrogens is 446 g/mol. The molecule has 0 aliphatic heterocycles. The molecule has 180 valence electrons. The van der Waals surface area contributed by atoms with Crippen LogP contribution in [0.1, 0.15) is 68.6 Å². The molecule has 0 heterocycles. The molecule has 1 saturated carbocycles. The van der Waals surface area contributed by atoms with Crippen LogP contribution >= 0.6 is 11.6 Å². The van der Waals surface area contributed by atoms with Gasteiger partial charge in [0.1, 0.15) is 16.7 Å². The summed E-state index contributed by atoms with van der Waals surface area (Å²) in [5.74, 6) is 0.234. The Bertz CT molecular complexity index is 1020. The quantitative estimate of drug-likeness (QED) is 0.267. The lowest BCUT2D eigenvalue weighted by atomic mass is 9.77. The van der Waals surface area contributed by atoms with Crippen LogP contribution in [0.4, 0.5) is 8.78 Å². The SMILES string of the molecule is CCCc1ccc(CCC2CCC(CCc3ccc(-c4cc(F)c(Cl)c(F)c4)cc3)CC2)cc1. The van der Waals surface area contributed by atoms with E-state index < -0.39 is 16.7 Å². The number of hydrogen-bond donors (Lipinski definition) is 0. The Morgan fingerprint density at radius 3 is 1.50 bits per heavy atom. The topological polar surface area (TPSA) is 0 Å². The van der Waals surface area contributed by atoms with E-state index in [0.29, 0.717) is 5.56 Å². The Kier molecular flexibility index (Phi) is 8.78. The van der Waals surface area contributed by atoms with Crippen LogP contribution in [0.3, 0.4) is 0 Å². The van der Waals surface area contributed by atoms with Crippen molar-refractivity contribution >= 4 is 11.6 Å². The van der Waals surface area contributed by atoms with Gasteiger partial charge in [-0.25, -0.2) is 8.78 Å². The van der Waals surface area contributed by atoms with E-state index in [1.165, 1.54) is 86.6 Å². The van der Waals surface area contributed by atoms with Crippen molar-refractivity contribution in [3.05, 3.63) is 94.0 Å². The minimum absolute atomic E-state index is 0.448. The van der Waals surface area contributed by atoms with Gasteiger partial charge in [-0.15, -0.1) is 0 Å². The number of hydrogen-bond acceptors (Lipinski definition) is 0. The first kappa shape index (κ1) is 24.9. The van der Waals surface area contributed by atoms with Gasteiger partial charge in [-0.3, -0.25) is 0 Å². The largest absolute Gasteiger partial charge is 0.205 e. The first-order chi connectivity index (χ1) is 16.5. The van der Waals surface area contributed by atoms with Gasteiger partial charge in [0, 0.05) is 0 Å². The molecule has 3 aromatic carbocycles. The average Bonchev–Trinajstić information content (AvgIpc) is 2.86. The van der Waals surface area contributed by atoms with E-state index in [-0.39, 0.29) is 0 Å². The van der Waals surface area contributed by atoms with Gasteiger partial charge in [0.25, 0.3) is 0 Å². The predicted molar refractivity (Wildman–Crippen MR) is 139 cm³/mol. The fourth-order valence-corrected chi connectivity index (χ4v) is 5.41. The Balaban J connectivity index is 1.20. The minimum Gasteiger partial charge on any atom is -0.205 e. The molecule has 0 nitrogen and oxygen atoms in total. The predicted octanol–water partition coefficient (Wildman–Crippen LogP) is 9.61. The molecule has 3 heteroatoms. The summed E-state index contributed by atoms with van der Waals surface area (Å²) < 4.78 is 27.5. The normalized spacial score (nSPS) is 18.2. The summed E-state index contributed by atoms with van der Waals surface area (Å²) in [5, 5.41) is -0.448. The lowest BCUT2D eigenvalue weighted by Gasteiger charge is -2.28. The molecule has 0 saturated heterocycles. The fourth-order valence-electron chi connectivity index (χ4n) is 5.30. The maximum absolute atomic E-state index is 13.8. The second kappa shape index (κ2) is 12.0. The summed E-state index contributed by atoms with van der Waals surface area (Å²) in [4.78, 5) is 0. The molecule has 0 unspecified atom stereocenters. The molecule has 1 aliphatic carbocycles. The van der Waals surface area contributed by atoms with E-state index in [4.69, 9.17) is 11.6 Å². The summed E-state index contributed by atoms with van der Waals surface area (Å²) in [6.07, 6.45) is 12.6. The minimum atomic E-state index is -0.721. The van der Waals surface area contributed by atoms with Gasteiger partial charge in [-0.05, 0) is 83.9 Å². The number of aryl methyl sites for hydroxylation is 3. The molecule has 0 amide bonds. The van der Waals surface area contributed by atoms with E-state index in [1.807, 2.05) is 12.1 Å². The van der Waals surface area contributed by atoms with E-state index in [1.54, 1.807) is 0 Å². The van der Waals surface area contributed by atoms with Gasteiger partial charge in [-0.2, -0.15) is 0 Å². The summed E-state index contributed by atoms with van der Waals surface area (Å²) in [6.45, 7) is 2.23. The van der Waals surface area contributed by atoms with E-state index in [9.17, 15) is 8.78 Å². The van der Waals surface area contributed by atoms with E-state index >= 15 is 0 Å². The van der Waals surface area contributed by atoms with Crippen LogP contribution in [0.15, 0.2) is 60.7 Å². The smallest absolute Gasteiger partial charge is 0.145 e. The van der Waals surface area contributed by atoms with E-state index in [0.717, 1.165) is 23.8 Å². The van der Waals surface area contributed by atoms with Crippen molar-refractivity contribution in [2.45, 2.75) is 71.1 Å². The highest BCUT2D eigenvalue weighted by atomic mass is 35.5. The van der Waals surface area contributed by atoms with Crippen molar-refractivity contribution in [2.75, 3.05) is 0 Å². The van der Waals surface area contributed by atoms with Crippen molar-refractivity contribution in [1.29, 1.82) is 0 Å². The summed E-state index contributed by atoms with van der Waals surface area (Å²) in [5.41, 5.74) is 5.54. The van der Waals surface area contributed by atoms with Crippen molar-refractivity contribution in [3.63, 3.8) is 0 Å². The highest BCUT2D eigenvalue weighted by Gasteiger charge is 2.21. The lowest BCUT2D eigenvalue weighted by molar-refractivity contribution is 0.253. The standard InChI is InChI=1S/C31H35ClF2/c1-2-3-22-4-6-23(7-5-22)8-9-24-10-12-25(13-11-24)14-15-26-16-18-27(19-17-26)28-20-29(33)31(32)30(34)21-28/h4-7,16-21,24-25H,2-3,8-15H2,1H3. The molecule has 3 aromatic rings. The molecule has 0 atom stereocenters. The van der Waals surface area contributed by atoms with Crippen LogP contribution in [0, 0.1) is 23.5 Å². The zero-order chi connectivity index (χ0) is 23.9. The molecular formula is C31H35ClF2. The van der Waals surface area contributed by atoms with E-state index in [2.05, 4.69) is 43.3 Å². The third-order valence-corrected chi connectivity index (χ3v) is 7.84. The average molecular weight is 481 g/mol. The molecule has 0 N–H and O–H groups in total. The summed E-state index contributed by atoms with van der Waals surface area (Å²) in [6, 6.07) is 19.9. The molecule has 34 heavy (non-hydrogen) atoms. The van der Waals surface area contributed by atoms with Crippen LogP contribution in [-0.4, -0.2) is 0 Å². The van der Waals surface area contributed by atoms with Crippen LogP contribution in [-0.2, 0) is 19.3 Å². The first-order valence-electron chi connectivity index (χ1n) is 12.8.